The van der Waals surface area contributed by atoms with Gasteiger partial charge in [0.05, 0.1) is 10.6 Å². The lowest BCUT2D eigenvalue weighted by Gasteiger charge is -2.09. The van der Waals surface area contributed by atoms with E-state index in [0.29, 0.717) is 9.61 Å². The second kappa shape index (κ2) is 6.64. The summed E-state index contributed by atoms with van der Waals surface area (Å²) in [7, 11) is 1.83. The Morgan fingerprint density at radius 3 is 2.82 bits per heavy atom. The molecule has 112 valence electrons. The molecule has 1 N–H and O–H groups in total. The number of halogens is 1. The van der Waals surface area contributed by atoms with E-state index in [4.69, 9.17) is 0 Å². The number of thiophene rings is 1. The Hall–Kier alpha value is -1.64. The van der Waals surface area contributed by atoms with Crippen molar-refractivity contribution in [2.75, 3.05) is 5.32 Å². The van der Waals surface area contributed by atoms with Crippen LogP contribution in [-0.2, 0) is 7.05 Å². The van der Waals surface area contributed by atoms with Crippen molar-refractivity contribution in [3.05, 3.63) is 51.4 Å². The monoisotopic (exact) mass is 394 g/mol. The topological polar surface area (TPSA) is 59.8 Å². The third-order valence-electron chi connectivity index (χ3n) is 2.78. The molecule has 0 unspecified atom stereocenters. The maximum absolute atomic E-state index is 12.2. The molecule has 2 aromatic heterocycles. The van der Waals surface area contributed by atoms with Gasteiger partial charge in [-0.1, -0.05) is 18.2 Å². The van der Waals surface area contributed by atoms with Crippen molar-refractivity contribution in [3.8, 4) is 0 Å². The van der Waals surface area contributed by atoms with Gasteiger partial charge in [-0.05, 0) is 51.3 Å². The van der Waals surface area contributed by atoms with E-state index >= 15 is 0 Å². The minimum atomic E-state index is -0.109. The third-order valence-corrected chi connectivity index (χ3v) is 5.10. The van der Waals surface area contributed by atoms with Crippen molar-refractivity contribution in [3.63, 3.8) is 0 Å². The normalized spacial score (nSPS) is 10.6. The molecule has 3 rings (SSSR count). The number of hydrogen-bond donors (Lipinski definition) is 1. The number of anilines is 1. The van der Waals surface area contributed by atoms with Gasteiger partial charge in [-0.2, -0.15) is 4.98 Å². The number of nitrogens with one attached hydrogen (secondary N) is 1. The Balaban J connectivity index is 1.84. The first-order valence-electron chi connectivity index (χ1n) is 6.32. The molecule has 0 bridgehead atoms. The Morgan fingerprint density at radius 2 is 2.14 bits per heavy atom. The Morgan fingerprint density at radius 1 is 1.32 bits per heavy atom. The van der Waals surface area contributed by atoms with Gasteiger partial charge in [-0.15, -0.1) is 16.4 Å². The maximum atomic E-state index is 12.2. The van der Waals surface area contributed by atoms with Gasteiger partial charge in [-0.25, -0.2) is 4.68 Å². The highest BCUT2D eigenvalue weighted by Crippen LogP contribution is 2.33. The molecule has 0 saturated heterocycles. The van der Waals surface area contributed by atoms with E-state index in [-0.39, 0.29) is 5.91 Å². The van der Waals surface area contributed by atoms with Crippen molar-refractivity contribution in [2.24, 2.45) is 7.05 Å². The van der Waals surface area contributed by atoms with Crippen LogP contribution in [0.5, 0.6) is 0 Å². The van der Waals surface area contributed by atoms with E-state index in [1.165, 1.54) is 23.1 Å². The van der Waals surface area contributed by atoms with Gasteiger partial charge in [0.1, 0.15) is 0 Å². The number of hydrogen-bond acceptors (Lipinski definition) is 5. The predicted molar refractivity (Wildman–Crippen MR) is 91.5 cm³/mol. The molecule has 0 fully saturated rings. The quantitative estimate of drug-likeness (QED) is 0.724. The van der Waals surface area contributed by atoms with Crippen LogP contribution in [-0.4, -0.2) is 20.7 Å². The highest BCUT2D eigenvalue weighted by Gasteiger charge is 2.13. The molecule has 0 aliphatic heterocycles. The number of nitrogens with zero attached hydrogens (tertiary/aromatic N) is 3. The minimum absolute atomic E-state index is 0.109. The second-order valence-electron chi connectivity index (χ2n) is 4.32. The molecule has 2 heterocycles. The SMILES string of the molecule is Cn1nc(Br)nc1Sc1ccccc1NC(=O)c1cccs1. The van der Waals surface area contributed by atoms with Crippen LogP contribution in [0.15, 0.2) is 56.6 Å². The largest absolute Gasteiger partial charge is 0.320 e. The predicted octanol–water partition coefficient (Wildman–Crippen LogP) is 4.04. The van der Waals surface area contributed by atoms with Crippen molar-refractivity contribution in [1.82, 2.24) is 14.8 Å². The third kappa shape index (κ3) is 3.40. The number of rotatable bonds is 4. The van der Waals surface area contributed by atoms with Crippen molar-refractivity contribution >= 4 is 50.6 Å². The molecule has 0 aliphatic rings. The van der Waals surface area contributed by atoms with Gasteiger partial charge in [0, 0.05) is 11.9 Å². The van der Waals surface area contributed by atoms with Gasteiger partial charge < -0.3 is 5.32 Å². The molecule has 0 atom stereocenters. The van der Waals surface area contributed by atoms with Gasteiger partial charge >= 0.3 is 0 Å². The Bertz CT molecular complexity index is 801. The second-order valence-corrected chi connectivity index (χ2v) is 6.98. The summed E-state index contributed by atoms with van der Waals surface area (Å²) in [6, 6.07) is 11.3. The number of carbonyl (C=O) groups excluding carboxylic acids is 1. The fourth-order valence-corrected chi connectivity index (χ4v) is 3.80. The minimum Gasteiger partial charge on any atom is -0.320 e. The number of benzene rings is 1. The first kappa shape index (κ1) is 15.3. The first-order chi connectivity index (χ1) is 10.6. The van der Waals surface area contributed by atoms with Crippen LogP contribution in [0.25, 0.3) is 0 Å². The van der Waals surface area contributed by atoms with E-state index < -0.39 is 0 Å². The number of para-hydroxylation sites is 1. The lowest BCUT2D eigenvalue weighted by molar-refractivity contribution is 0.103. The summed E-state index contributed by atoms with van der Waals surface area (Å²) in [5.41, 5.74) is 0.755. The molecule has 0 spiro atoms. The summed E-state index contributed by atoms with van der Waals surface area (Å²) in [6.07, 6.45) is 0. The van der Waals surface area contributed by atoms with Crippen LogP contribution in [0.3, 0.4) is 0 Å². The van der Waals surface area contributed by atoms with Crippen LogP contribution in [0, 0.1) is 0 Å². The summed E-state index contributed by atoms with van der Waals surface area (Å²) in [5, 5.41) is 9.72. The highest BCUT2D eigenvalue weighted by atomic mass is 79.9. The summed E-state index contributed by atoms with van der Waals surface area (Å²) >= 11 is 6.12. The molecule has 3 aromatic rings. The summed E-state index contributed by atoms with van der Waals surface area (Å²) in [5.74, 6) is -0.109. The van der Waals surface area contributed by atoms with E-state index in [2.05, 4.69) is 31.3 Å². The van der Waals surface area contributed by atoms with Crippen molar-refractivity contribution in [1.29, 1.82) is 0 Å². The average molecular weight is 395 g/mol. The van der Waals surface area contributed by atoms with Crippen LogP contribution >= 0.6 is 39.0 Å². The molecular formula is C14H11BrN4OS2. The van der Waals surface area contributed by atoms with Crippen molar-refractivity contribution < 1.29 is 4.79 Å². The number of amides is 1. The van der Waals surface area contributed by atoms with Gasteiger partial charge in [0.25, 0.3) is 5.91 Å². The first-order valence-corrected chi connectivity index (χ1v) is 8.80. The Kier molecular flexibility index (Phi) is 4.60. The van der Waals surface area contributed by atoms with E-state index in [1.54, 1.807) is 10.7 Å². The molecule has 0 aliphatic carbocycles. The maximum Gasteiger partial charge on any atom is 0.265 e. The molecule has 1 amide bonds. The lowest BCUT2D eigenvalue weighted by Crippen LogP contribution is -2.10. The summed E-state index contributed by atoms with van der Waals surface area (Å²) in [4.78, 5) is 18.1. The van der Waals surface area contributed by atoms with Crippen LogP contribution < -0.4 is 5.32 Å². The van der Waals surface area contributed by atoms with Crippen LogP contribution in [0.4, 0.5) is 5.69 Å². The van der Waals surface area contributed by atoms with Gasteiger partial charge in [0.2, 0.25) is 4.73 Å². The summed E-state index contributed by atoms with van der Waals surface area (Å²) < 4.78 is 2.23. The fourth-order valence-electron chi connectivity index (χ4n) is 1.78. The number of aromatic nitrogens is 3. The number of carbonyl (C=O) groups is 1. The molecule has 0 radical (unpaired) electrons. The molecular weight excluding hydrogens is 384 g/mol. The molecule has 0 saturated carbocycles. The molecule has 1 aromatic carbocycles. The standard InChI is InChI=1S/C14H11BrN4OS2/c1-19-14(17-13(15)18-19)22-10-6-3-2-5-9(10)16-12(20)11-7-4-8-21-11/h2-8H,1H3,(H,16,20). The zero-order chi connectivity index (χ0) is 15.5. The fraction of sp³-hybridized carbons (Fsp3) is 0.0714. The zero-order valence-corrected chi connectivity index (χ0v) is 14.7. The van der Waals surface area contributed by atoms with E-state index in [9.17, 15) is 4.79 Å². The van der Waals surface area contributed by atoms with Crippen LogP contribution in [0.2, 0.25) is 0 Å². The van der Waals surface area contributed by atoms with E-state index in [1.807, 2.05) is 42.8 Å². The lowest BCUT2D eigenvalue weighted by atomic mass is 10.3. The smallest absolute Gasteiger partial charge is 0.265 e. The number of aryl methyl sites for hydroxylation is 1. The Labute approximate surface area is 143 Å². The molecule has 8 heteroatoms. The van der Waals surface area contributed by atoms with Gasteiger partial charge in [0.15, 0.2) is 5.16 Å². The zero-order valence-electron chi connectivity index (χ0n) is 11.5. The average Bonchev–Trinajstić information content (AvgIpc) is 3.11. The van der Waals surface area contributed by atoms with Crippen LogP contribution in [0.1, 0.15) is 9.67 Å². The summed E-state index contributed by atoms with van der Waals surface area (Å²) in [6.45, 7) is 0. The molecule has 22 heavy (non-hydrogen) atoms. The van der Waals surface area contributed by atoms with Gasteiger partial charge in [-0.3, -0.25) is 4.79 Å². The highest BCUT2D eigenvalue weighted by molar-refractivity contribution is 9.10. The van der Waals surface area contributed by atoms with E-state index in [0.717, 1.165) is 15.7 Å². The van der Waals surface area contributed by atoms with Crippen molar-refractivity contribution in [2.45, 2.75) is 10.1 Å². The molecule has 5 nitrogen and oxygen atoms in total.